The van der Waals surface area contributed by atoms with Gasteiger partial charge < -0.3 is 5.32 Å². The molecule has 0 bridgehead atoms. The molecule has 0 aliphatic rings. The van der Waals surface area contributed by atoms with Crippen molar-refractivity contribution in [2.45, 2.75) is 5.16 Å². The number of para-hydroxylation sites is 2. The number of anilines is 1. The molecule has 0 spiro atoms. The first-order chi connectivity index (χ1) is 16.0. The zero-order valence-electron chi connectivity index (χ0n) is 16.6. The first kappa shape index (κ1) is 21.0. The Balaban J connectivity index is 1.40. The summed E-state index contributed by atoms with van der Waals surface area (Å²) in [5.74, 6) is -0.760. The number of thiophene rings is 1. The minimum atomic E-state index is -0.550. The maximum atomic E-state index is 13.3. The normalized spacial score (nSPS) is 11.2. The fourth-order valence-electron chi connectivity index (χ4n) is 3.32. The van der Waals surface area contributed by atoms with E-state index >= 15 is 0 Å². The summed E-state index contributed by atoms with van der Waals surface area (Å²) < 4.78 is 15.0. The van der Waals surface area contributed by atoms with E-state index in [2.05, 4.69) is 20.5 Å². The molecule has 0 aliphatic carbocycles. The molecule has 0 unspecified atom stereocenters. The molecule has 9 nitrogen and oxygen atoms in total. The minimum Gasteiger partial charge on any atom is -0.320 e. The van der Waals surface area contributed by atoms with E-state index in [9.17, 15) is 19.3 Å². The van der Waals surface area contributed by atoms with Crippen molar-refractivity contribution in [3.8, 4) is 11.1 Å². The number of carbonyl (C=O) groups excluding carboxylic acids is 1. The molecule has 0 aliphatic heterocycles. The van der Waals surface area contributed by atoms with Crippen LogP contribution in [0.1, 0.15) is 0 Å². The number of hydrogen-bond donors (Lipinski definition) is 1. The van der Waals surface area contributed by atoms with Gasteiger partial charge in [-0.15, -0.1) is 21.5 Å². The third-order valence-electron chi connectivity index (χ3n) is 4.81. The van der Waals surface area contributed by atoms with Gasteiger partial charge in [0.15, 0.2) is 10.8 Å². The van der Waals surface area contributed by atoms with Gasteiger partial charge in [-0.05, 0) is 23.8 Å². The van der Waals surface area contributed by atoms with Crippen LogP contribution in [0.15, 0.2) is 65.4 Å². The van der Waals surface area contributed by atoms with Crippen LogP contribution in [0.2, 0.25) is 0 Å². The number of fused-ring (bicyclic) bond motifs is 3. The number of hydrogen-bond acceptors (Lipinski definition) is 8. The lowest BCUT2D eigenvalue weighted by atomic mass is 10.1. The Morgan fingerprint density at radius 3 is 2.76 bits per heavy atom. The maximum absolute atomic E-state index is 13.3. The van der Waals surface area contributed by atoms with Crippen molar-refractivity contribution in [3.05, 3.63) is 76.2 Å². The molecule has 3 aromatic heterocycles. The van der Waals surface area contributed by atoms with E-state index in [0.29, 0.717) is 10.8 Å². The number of carbonyl (C=O) groups is 1. The van der Waals surface area contributed by atoms with Gasteiger partial charge in [0.05, 0.1) is 16.1 Å². The van der Waals surface area contributed by atoms with Crippen LogP contribution in [0.5, 0.6) is 0 Å². The second-order valence-corrected chi connectivity index (χ2v) is 8.67. The molecule has 3 heterocycles. The lowest BCUT2D eigenvalue weighted by molar-refractivity contribution is -0.383. The molecule has 0 saturated heterocycles. The van der Waals surface area contributed by atoms with Crippen LogP contribution in [-0.4, -0.2) is 36.2 Å². The average Bonchev–Trinajstić information content (AvgIpc) is 3.42. The molecular formula is C21H13FN6O3S2. The first-order valence-electron chi connectivity index (χ1n) is 9.54. The zero-order valence-corrected chi connectivity index (χ0v) is 18.3. The van der Waals surface area contributed by atoms with Gasteiger partial charge in [-0.1, -0.05) is 36.0 Å². The summed E-state index contributed by atoms with van der Waals surface area (Å²) in [6, 6.07) is 12.1. The van der Waals surface area contributed by atoms with Crippen LogP contribution in [-0.2, 0) is 4.79 Å². The van der Waals surface area contributed by atoms with Crippen molar-refractivity contribution in [1.82, 2.24) is 19.6 Å². The van der Waals surface area contributed by atoms with E-state index in [1.165, 1.54) is 41.7 Å². The highest BCUT2D eigenvalue weighted by atomic mass is 32.2. The summed E-state index contributed by atoms with van der Waals surface area (Å²) in [5.41, 5.74) is 2.22. The molecule has 5 rings (SSSR count). The Morgan fingerprint density at radius 2 is 1.97 bits per heavy atom. The number of thioether (sulfide) groups is 1. The minimum absolute atomic E-state index is 0.0284. The summed E-state index contributed by atoms with van der Waals surface area (Å²) >= 11 is 2.58. The Labute approximate surface area is 193 Å². The number of halogens is 1. The van der Waals surface area contributed by atoms with E-state index < -0.39 is 10.8 Å². The number of rotatable bonds is 6. The SMILES string of the molecule is O=C(CSc1nnc2c3c(-c4ccc(F)cc4)csc3ncn12)Nc1ccccc1[N+](=O)[O-]. The predicted molar refractivity (Wildman–Crippen MR) is 124 cm³/mol. The highest BCUT2D eigenvalue weighted by Crippen LogP contribution is 2.36. The zero-order chi connectivity index (χ0) is 22.9. The van der Waals surface area contributed by atoms with Crippen LogP contribution in [0, 0.1) is 15.9 Å². The summed E-state index contributed by atoms with van der Waals surface area (Å²) in [4.78, 5) is 28.2. The van der Waals surface area contributed by atoms with Gasteiger partial charge in [0.25, 0.3) is 5.69 Å². The van der Waals surface area contributed by atoms with Crippen molar-refractivity contribution >= 4 is 56.2 Å². The smallest absolute Gasteiger partial charge is 0.292 e. The molecule has 164 valence electrons. The summed E-state index contributed by atoms with van der Waals surface area (Å²) in [6.45, 7) is 0. The number of benzene rings is 2. The Bertz CT molecular complexity index is 1520. The highest BCUT2D eigenvalue weighted by molar-refractivity contribution is 7.99. The van der Waals surface area contributed by atoms with Gasteiger partial charge in [-0.25, -0.2) is 9.37 Å². The molecule has 0 saturated carbocycles. The average molecular weight is 481 g/mol. The Hall–Kier alpha value is -3.90. The Morgan fingerprint density at radius 1 is 1.18 bits per heavy atom. The topological polar surface area (TPSA) is 115 Å². The van der Waals surface area contributed by atoms with Crippen LogP contribution in [0.3, 0.4) is 0 Å². The summed E-state index contributed by atoms with van der Waals surface area (Å²) in [5, 5.41) is 25.3. The molecule has 2 aromatic carbocycles. The van der Waals surface area contributed by atoms with E-state index in [4.69, 9.17) is 0 Å². The third-order valence-corrected chi connectivity index (χ3v) is 6.64. The molecule has 5 aromatic rings. The quantitative estimate of drug-likeness (QED) is 0.211. The van der Waals surface area contributed by atoms with Gasteiger partial charge in [-0.3, -0.25) is 19.3 Å². The van der Waals surface area contributed by atoms with Crippen molar-refractivity contribution in [2.75, 3.05) is 11.1 Å². The maximum Gasteiger partial charge on any atom is 0.292 e. The van der Waals surface area contributed by atoms with Gasteiger partial charge in [0.1, 0.15) is 22.7 Å². The number of nitro benzene ring substituents is 1. The second kappa shape index (κ2) is 8.56. The molecule has 0 radical (unpaired) electrons. The predicted octanol–water partition coefficient (Wildman–Crippen LogP) is 4.78. The number of nitrogens with zero attached hydrogens (tertiary/aromatic N) is 5. The summed E-state index contributed by atoms with van der Waals surface area (Å²) in [7, 11) is 0. The van der Waals surface area contributed by atoms with E-state index in [0.717, 1.165) is 33.1 Å². The highest BCUT2D eigenvalue weighted by Gasteiger charge is 2.18. The van der Waals surface area contributed by atoms with Gasteiger partial charge >= 0.3 is 0 Å². The van der Waals surface area contributed by atoms with E-state index in [-0.39, 0.29) is 22.9 Å². The summed E-state index contributed by atoms with van der Waals surface area (Å²) in [6.07, 6.45) is 1.59. The van der Waals surface area contributed by atoms with Crippen molar-refractivity contribution in [2.24, 2.45) is 0 Å². The number of nitro groups is 1. The van der Waals surface area contributed by atoms with E-state index in [1.54, 1.807) is 28.9 Å². The fraction of sp³-hybridized carbons (Fsp3) is 0.0476. The van der Waals surface area contributed by atoms with Gasteiger partial charge in [0.2, 0.25) is 5.91 Å². The lowest BCUT2D eigenvalue weighted by Gasteiger charge is -2.05. The van der Waals surface area contributed by atoms with Crippen molar-refractivity contribution in [1.29, 1.82) is 0 Å². The molecule has 1 amide bonds. The van der Waals surface area contributed by atoms with Crippen LogP contribution < -0.4 is 5.32 Å². The van der Waals surface area contributed by atoms with Gasteiger partial charge in [-0.2, -0.15) is 0 Å². The van der Waals surface area contributed by atoms with Crippen LogP contribution in [0.4, 0.5) is 15.8 Å². The lowest BCUT2D eigenvalue weighted by Crippen LogP contribution is -2.15. The standard InChI is InChI=1S/C21H13FN6O3S2/c22-13-7-5-12(6-8-13)14-9-32-20-18(14)19-25-26-21(27(19)11-23-20)33-10-17(29)24-15-3-1-2-4-16(15)28(30)31/h1-9,11H,10H2,(H,24,29). The Kier molecular flexibility index (Phi) is 5.44. The number of amides is 1. The molecular weight excluding hydrogens is 467 g/mol. The fourth-order valence-corrected chi connectivity index (χ4v) is 4.93. The monoisotopic (exact) mass is 480 g/mol. The molecule has 0 fully saturated rings. The first-order valence-corrected chi connectivity index (χ1v) is 11.4. The number of nitrogens with one attached hydrogen (secondary N) is 1. The molecule has 0 atom stereocenters. The molecule has 12 heteroatoms. The van der Waals surface area contributed by atoms with Crippen LogP contribution >= 0.6 is 23.1 Å². The van der Waals surface area contributed by atoms with Crippen LogP contribution in [0.25, 0.3) is 27.0 Å². The second-order valence-electron chi connectivity index (χ2n) is 6.87. The van der Waals surface area contributed by atoms with E-state index in [1.807, 2.05) is 5.38 Å². The van der Waals surface area contributed by atoms with Crippen molar-refractivity contribution in [3.63, 3.8) is 0 Å². The number of aromatic nitrogens is 4. The third kappa shape index (κ3) is 4.01. The molecule has 1 N–H and O–H groups in total. The molecule has 33 heavy (non-hydrogen) atoms. The largest absolute Gasteiger partial charge is 0.320 e. The van der Waals surface area contributed by atoms with Crippen molar-refractivity contribution < 1.29 is 14.1 Å². The van der Waals surface area contributed by atoms with Gasteiger partial charge in [0, 0.05) is 17.0 Å².